The number of halogens is 2. The van der Waals surface area contributed by atoms with Crippen LogP contribution in [0.2, 0.25) is 0 Å². The number of likely N-dealkylation sites (N-methyl/N-ethyl adjacent to an activating group) is 1. The number of carboxylic acid groups (broad SMARTS) is 1. The summed E-state index contributed by atoms with van der Waals surface area (Å²) in [5, 5.41) is 16.4. The summed E-state index contributed by atoms with van der Waals surface area (Å²) >= 11 is 0. The zero-order valence-electron chi connectivity index (χ0n) is 26.3. The second-order valence-electron chi connectivity index (χ2n) is 12.8. The highest BCUT2D eigenvalue weighted by molar-refractivity contribution is 7.89. The minimum absolute atomic E-state index is 0.0839. The standard InChI is InChI=1S/C35H40F2N4O5S/c1-40(35(43)44)33(32(23-12-14-26(36)15-13-23)25-11-10-22-5-2-6-24(22)19-25)34(42)39-31-9-3-8-30(37)29(31)17-16-28-20-38-27-7-4-18-47(45,46)41(28)21-27/h3,8-15,19,27-28,32-33,38H,2,4-7,16-18,20-21H2,1H3,(H,39,42)(H,43,44)/t27?,28?,32-,33-/m0/s1. The average molecular weight is 667 g/mol. The van der Waals surface area contributed by atoms with Crippen LogP contribution in [0.3, 0.4) is 0 Å². The fourth-order valence-corrected chi connectivity index (χ4v) is 9.18. The molecule has 47 heavy (non-hydrogen) atoms. The molecule has 6 rings (SSSR count). The highest BCUT2D eigenvalue weighted by Crippen LogP contribution is 2.35. The molecule has 2 amide bonds. The first-order valence-corrected chi connectivity index (χ1v) is 17.8. The predicted octanol–water partition coefficient (Wildman–Crippen LogP) is 4.90. The molecule has 0 spiro atoms. The number of rotatable bonds is 9. The van der Waals surface area contributed by atoms with Gasteiger partial charge in [-0.05, 0) is 91.5 Å². The third kappa shape index (κ3) is 7.05. The third-order valence-electron chi connectivity index (χ3n) is 9.88. The molecule has 5 atom stereocenters. The van der Waals surface area contributed by atoms with Gasteiger partial charge in [-0.1, -0.05) is 36.4 Å². The van der Waals surface area contributed by atoms with Gasteiger partial charge in [0, 0.05) is 49.4 Å². The molecule has 0 aromatic heterocycles. The van der Waals surface area contributed by atoms with E-state index >= 15 is 4.39 Å². The third-order valence-corrected chi connectivity index (χ3v) is 11.8. The van der Waals surface area contributed by atoms with Crippen molar-refractivity contribution in [3.05, 3.63) is 100 Å². The number of hydrogen-bond acceptors (Lipinski definition) is 5. The zero-order chi connectivity index (χ0) is 33.3. The number of carbonyl (C=O) groups is 2. The second kappa shape index (κ2) is 13.7. The number of anilines is 1. The summed E-state index contributed by atoms with van der Waals surface area (Å²) in [5.74, 6) is -2.40. The van der Waals surface area contributed by atoms with E-state index in [9.17, 15) is 27.5 Å². The van der Waals surface area contributed by atoms with E-state index in [1.165, 1.54) is 36.9 Å². The van der Waals surface area contributed by atoms with E-state index < -0.39 is 45.6 Å². The molecule has 3 aromatic carbocycles. The molecule has 2 fully saturated rings. The normalized spacial score (nSPS) is 22.8. The number of benzene rings is 3. The van der Waals surface area contributed by atoms with E-state index in [1.54, 1.807) is 22.5 Å². The minimum atomic E-state index is -3.44. The Hall–Kier alpha value is -3.87. The second-order valence-corrected chi connectivity index (χ2v) is 14.9. The number of amides is 2. The highest BCUT2D eigenvalue weighted by Gasteiger charge is 2.39. The summed E-state index contributed by atoms with van der Waals surface area (Å²) in [7, 11) is -2.12. The van der Waals surface area contributed by atoms with Crippen molar-refractivity contribution < 1.29 is 31.9 Å². The van der Waals surface area contributed by atoms with Crippen molar-refractivity contribution in [2.24, 2.45) is 0 Å². The lowest BCUT2D eigenvalue weighted by molar-refractivity contribution is -0.120. The van der Waals surface area contributed by atoms with E-state index in [-0.39, 0.29) is 35.5 Å². The van der Waals surface area contributed by atoms with Gasteiger partial charge in [0.2, 0.25) is 15.9 Å². The Balaban J connectivity index is 1.31. The van der Waals surface area contributed by atoms with Crippen LogP contribution in [0.4, 0.5) is 19.3 Å². The summed E-state index contributed by atoms with van der Waals surface area (Å²) in [6.45, 7) is 0.830. The first-order chi connectivity index (χ1) is 22.5. The van der Waals surface area contributed by atoms with Crippen molar-refractivity contribution in [2.75, 3.05) is 31.2 Å². The molecule has 3 aromatic rings. The predicted molar refractivity (Wildman–Crippen MR) is 175 cm³/mol. The maximum absolute atomic E-state index is 15.4. The summed E-state index contributed by atoms with van der Waals surface area (Å²) in [5.41, 5.74) is 4.01. The molecule has 1 aliphatic carbocycles. The van der Waals surface area contributed by atoms with Gasteiger partial charge < -0.3 is 15.7 Å². The van der Waals surface area contributed by atoms with Crippen LogP contribution in [0.5, 0.6) is 0 Å². The number of aryl methyl sites for hydroxylation is 2. The quantitative estimate of drug-likeness (QED) is 0.299. The van der Waals surface area contributed by atoms with Gasteiger partial charge in [0.05, 0.1) is 5.75 Å². The molecule has 3 aliphatic rings. The van der Waals surface area contributed by atoms with Gasteiger partial charge in [-0.25, -0.2) is 22.0 Å². The monoisotopic (exact) mass is 666 g/mol. The number of sulfonamides is 1. The van der Waals surface area contributed by atoms with Crippen LogP contribution in [-0.2, 0) is 34.1 Å². The molecule has 250 valence electrons. The van der Waals surface area contributed by atoms with Crippen LogP contribution in [0.15, 0.2) is 60.7 Å². The van der Waals surface area contributed by atoms with E-state index in [2.05, 4.69) is 10.6 Å². The number of hydrogen-bond donors (Lipinski definition) is 3. The maximum Gasteiger partial charge on any atom is 0.407 e. The maximum atomic E-state index is 15.4. The minimum Gasteiger partial charge on any atom is -0.465 e. The van der Waals surface area contributed by atoms with E-state index in [0.29, 0.717) is 37.1 Å². The largest absolute Gasteiger partial charge is 0.465 e. The van der Waals surface area contributed by atoms with Crippen LogP contribution in [0, 0.1) is 11.6 Å². The summed E-state index contributed by atoms with van der Waals surface area (Å²) in [6, 6.07) is 14.3. The number of nitrogens with one attached hydrogen (secondary N) is 2. The Labute approximate surface area is 274 Å². The van der Waals surface area contributed by atoms with Gasteiger partial charge in [0.25, 0.3) is 0 Å². The van der Waals surface area contributed by atoms with Crippen molar-refractivity contribution in [1.29, 1.82) is 0 Å². The first-order valence-electron chi connectivity index (χ1n) is 16.2. The van der Waals surface area contributed by atoms with Crippen LogP contribution < -0.4 is 10.6 Å². The molecule has 2 bridgehead atoms. The number of carbonyl (C=O) groups excluding carboxylic acids is 1. The summed E-state index contributed by atoms with van der Waals surface area (Å²) in [4.78, 5) is 27.6. The van der Waals surface area contributed by atoms with Gasteiger partial charge in [0.15, 0.2) is 0 Å². The van der Waals surface area contributed by atoms with Gasteiger partial charge in [-0.2, -0.15) is 4.31 Å². The summed E-state index contributed by atoms with van der Waals surface area (Å²) in [6.07, 6.45) is 3.33. The fourth-order valence-electron chi connectivity index (χ4n) is 7.37. The Bertz CT molecular complexity index is 1750. The Kier molecular flexibility index (Phi) is 9.63. The Morgan fingerprint density at radius 2 is 1.79 bits per heavy atom. The molecule has 9 nitrogen and oxygen atoms in total. The highest BCUT2D eigenvalue weighted by atomic mass is 32.2. The fraction of sp³-hybridized carbons (Fsp3) is 0.429. The average Bonchev–Trinajstić information content (AvgIpc) is 3.47. The topological polar surface area (TPSA) is 119 Å². The summed E-state index contributed by atoms with van der Waals surface area (Å²) < 4.78 is 57.0. The van der Waals surface area contributed by atoms with Gasteiger partial charge in [-0.15, -0.1) is 0 Å². The molecular weight excluding hydrogens is 626 g/mol. The van der Waals surface area contributed by atoms with E-state index in [4.69, 9.17) is 0 Å². The molecule has 12 heteroatoms. The van der Waals surface area contributed by atoms with Crippen molar-refractivity contribution >= 4 is 27.7 Å². The molecule has 3 unspecified atom stereocenters. The molecule has 3 N–H and O–H groups in total. The molecule has 0 radical (unpaired) electrons. The van der Waals surface area contributed by atoms with E-state index in [1.807, 2.05) is 18.2 Å². The lowest BCUT2D eigenvalue weighted by Gasteiger charge is -2.37. The molecule has 0 saturated carbocycles. The zero-order valence-corrected chi connectivity index (χ0v) is 27.1. The molecule has 2 heterocycles. The molecular formula is C35H40F2N4O5S. The first kappa shape index (κ1) is 33.0. The van der Waals surface area contributed by atoms with E-state index in [0.717, 1.165) is 36.1 Å². The lowest BCUT2D eigenvalue weighted by Crippen LogP contribution is -2.57. The van der Waals surface area contributed by atoms with Crippen molar-refractivity contribution in [3.8, 4) is 0 Å². The smallest absolute Gasteiger partial charge is 0.407 e. The van der Waals surface area contributed by atoms with Crippen LogP contribution >= 0.6 is 0 Å². The van der Waals surface area contributed by atoms with Gasteiger partial charge >= 0.3 is 6.09 Å². The van der Waals surface area contributed by atoms with Crippen molar-refractivity contribution in [2.45, 2.75) is 69.0 Å². The van der Waals surface area contributed by atoms with Crippen LogP contribution in [0.25, 0.3) is 0 Å². The number of fused-ring (bicyclic) bond motifs is 3. The SMILES string of the molecule is CN(C(=O)O)[C@H](C(=O)Nc1cccc(F)c1CCC1CNC2CCCS(=O)(=O)N1C2)[C@@H](c1ccc(F)cc1)c1ccc2c(c1)CCC2. The Morgan fingerprint density at radius 3 is 2.55 bits per heavy atom. The van der Waals surface area contributed by atoms with Crippen molar-refractivity contribution in [3.63, 3.8) is 0 Å². The van der Waals surface area contributed by atoms with Gasteiger partial charge in [0.1, 0.15) is 17.7 Å². The molecule has 2 saturated heterocycles. The van der Waals surface area contributed by atoms with Crippen LogP contribution in [0.1, 0.15) is 59.4 Å². The van der Waals surface area contributed by atoms with Crippen LogP contribution in [-0.4, -0.2) is 78.7 Å². The number of piperazine rings is 1. The Morgan fingerprint density at radius 1 is 1.04 bits per heavy atom. The number of nitrogens with zero attached hydrogens (tertiary/aromatic N) is 2. The molecule has 2 aliphatic heterocycles. The van der Waals surface area contributed by atoms with Gasteiger partial charge in [-0.3, -0.25) is 9.69 Å². The van der Waals surface area contributed by atoms with Crippen molar-refractivity contribution in [1.82, 2.24) is 14.5 Å². The lowest BCUT2D eigenvalue weighted by atomic mass is 9.82.